The maximum Gasteiger partial charge on any atom is 0.252 e. The first-order valence-electron chi connectivity index (χ1n) is 9.35. The molecule has 0 unspecified atom stereocenters. The normalized spacial score (nSPS) is 15.5. The fraction of sp³-hybridized carbons (Fsp3) is 0.273. The fourth-order valence-electron chi connectivity index (χ4n) is 3.88. The SMILES string of the molecule is Cc1c(C2(C(=O)N[C@H](C)c3cc(C#N)ccn3)CC2)c(=O)[nH]c2ccc(F)cc12. The molecule has 1 saturated carbocycles. The number of amides is 1. The average molecular weight is 390 g/mol. The van der Waals surface area contributed by atoms with Crippen molar-refractivity contribution in [3.8, 4) is 6.07 Å². The molecule has 0 radical (unpaired) electrons. The lowest BCUT2D eigenvalue weighted by Crippen LogP contribution is -2.40. The lowest BCUT2D eigenvalue weighted by molar-refractivity contribution is -0.124. The predicted octanol–water partition coefficient (Wildman–Crippen LogP) is 3.15. The van der Waals surface area contributed by atoms with Gasteiger partial charge >= 0.3 is 0 Å². The molecule has 146 valence electrons. The minimum absolute atomic E-state index is 0.265. The topological polar surface area (TPSA) is 98.6 Å². The molecule has 1 fully saturated rings. The molecule has 0 saturated heterocycles. The quantitative estimate of drug-likeness (QED) is 0.715. The van der Waals surface area contributed by atoms with Gasteiger partial charge in [0.2, 0.25) is 5.91 Å². The number of carbonyl (C=O) groups excluding carboxylic acids is 1. The molecule has 1 atom stereocenters. The second kappa shape index (κ2) is 6.82. The molecule has 0 spiro atoms. The molecule has 0 bridgehead atoms. The predicted molar refractivity (Wildman–Crippen MR) is 106 cm³/mol. The first kappa shape index (κ1) is 18.8. The van der Waals surface area contributed by atoms with Crippen molar-refractivity contribution in [1.82, 2.24) is 15.3 Å². The van der Waals surface area contributed by atoms with Crippen LogP contribution in [-0.2, 0) is 10.2 Å². The lowest BCUT2D eigenvalue weighted by Gasteiger charge is -2.21. The van der Waals surface area contributed by atoms with Gasteiger partial charge in [-0.3, -0.25) is 14.6 Å². The maximum absolute atomic E-state index is 13.7. The summed E-state index contributed by atoms with van der Waals surface area (Å²) in [6.07, 6.45) is 2.61. The van der Waals surface area contributed by atoms with E-state index in [1.54, 1.807) is 26.0 Å². The zero-order valence-corrected chi connectivity index (χ0v) is 16.0. The van der Waals surface area contributed by atoms with Crippen molar-refractivity contribution >= 4 is 16.8 Å². The summed E-state index contributed by atoms with van der Waals surface area (Å²) >= 11 is 0. The van der Waals surface area contributed by atoms with E-state index in [1.165, 1.54) is 24.4 Å². The van der Waals surface area contributed by atoms with Gasteiger partial charge in [0.05, 0.1) is 28.8 Å². The largest absolute Gasteiger partial charge is 0.347 e. The van der Waals surface area contributed by atoms with E-state index in [2.05, 4.69) is 21.4 Å². The first-order valence-corrected chi connectivity index (χ1v) is 9.35. The van der Waals surface area contributed by atoms with Crippen LogP contribution in [0.4, 0.5) is 4.39 Å². The fourth-order valence-corrected chi connectivity index (χ4v) is 3.88. The summed E-state index contributed by atoms with van der Waals surface area (Å²) in [6, 6.07) is 9.04. The van der Waals surface area contributed by atoms with Gasteiger partial charge < -0.3 is 10.3 Å². The Kier molecular flexibility index (Phi) is 4.42. The highest BCUT2D eigenvalue weighted by Gasteiger charge is 2.54. The zero-order chi connectivity index (χ0) is 20.8. The van der Waals surface area contributed by atoms with Crippen LogP contribution in [0, 0.1) is 24.1 Å². The van der Waals surface area contributed by atoms with Crippen molar-refractivity contribution in [3.63, 3.8) is 0 Å². The van der Waals surface area contributed by atoms with E-state index in [9.17, 15) is 14.0 Å². The standard InChI is InChI=1S/C22H19FN4O2/c1-12-16-10-15(23)3-4-17(16)27-20(28)19(12)22(6-7-22)21(29)26-13(2)18-9-14(11-24)5-8-25-18/h3-5,8-10,13H,6-7H2,1-2H3,(H,26,29)(H,27,28)/t13-/m1/s1. The van der Waals surface area contributed by atoms with Crippen molar-refractivity contribution in [2.24, 2.45) is 0 Å². The van der Waals surface area contributed by atoms with Crippen LogP contribution in [0.5, 0.6) is 0 Å². The Bertz CT molecular complexity index is 1240. The van der Waals surface area contributed by atoms with Crippen LogP contribution in [0.1, 0.15) is 48.2 Å². The Morgan fingerprint density at radius 3 is 2.79 bits per heavy atom. The third-order valence-electron chi connectivity index (χ3n) is 5.60. The van der Waals surface area contributed by atoms with Gasteiger partial charge in [0.1, 0.15) is 5.82 Å². The highest BCUT2D eigenvalue weighted by atomic mass is 19.1. The number of aryl methyl sites for hydroxylation is 1. The molecule has 6 nitrogen and oxygen atoms in total. The molecular weight excluding hydrogens is 371 g/mol. The monoisotopic (exact) mass is 390 g/mol. The van der Waals surface area contributed by atoms with Gasteiger partial charge in [-0.2, -0.15) is 5.26 Å². The molecule has 1 aliphatic carbocycles. The van der Waals surface area contributed by atoms with E-state index in [-0.39, 0.29) is 11.5 Å². The van der Waals surface area contributed by atoms with E-state index in [4.69, 9.17) is 5.26 Å². The van der Waals surface area contributed by atoms with Crippen molar-refractivity contribution in [2.45, 2.75) is 38.1 Å². The molecule has 0 aliphatic heterocycles. The number of H-pyrrole nitrogens is 1. The van der Waals surface area contributed by atoms with Gasteiger partial charge in [-0.05, 0) is 62.6 Å². The first-order chi connectivity index (χ1) is 13.9. The second-order valence-corrected chi connectivity index (χ2v) is 7.50. The minimum Gasteiger partial charge on any atom is -0.347 e. The Morgan fingerprint density at radius 2 is 2.10 bits per heavy atom. The summed E-state index contributed by atoms with van der Waals surface area (Å²) in [4.78, 5) is 32.9. The summed E-state index contributed by atoms with van der Waals surface area (Å²) < 4.78 is 13.7. The molecule has 3 aromatic rings. The summed E-state index contributed by atoms with van der Waals surface area (Å²) in [7, 11) is 0. The van der Waals surface area contributed by atoms with Crippen LogP contribution in [0.2, 0.25) is 0 Å². The van der Waals surface area contributed by atoms with Gasteiger partial charge in [0.25, 0.3) is 5.56 Å². The molecule has 2 aromatic heterocycles. The Hall–Kier alpha value is -3.53. The number of aromatic nitrogens is 2. The molecule has 4 rings (SSSR count). The number of nitrogens with zero attached hydrogens (tertiary/aromatic N) is 2. The van der Waals surface area contributed by atoms with Crippen LogP contribution in [-0.4, -0.2) is 15.9 Å². The van der Waals surface area contributed by atoms with Gasteiger partial charge in [0, 0.05) is 22.7 Å². The van der Waals surface area contributed by atoms with E-state index < -0.39 is 17.3 Å². The number of fused-ring (bicyclic) bond motifs is 1. The van der Waals surface area contributed by atoms with Crippen LogP contribution in [0.25, 0.3) is 10.9 Å². The number of carbonyl (C=O) groups is 1. The van der Waals surface area contributed by atoms with E-state index in [0.29, 0.717) is 46.1 Å². The number of rotatable bonds is 4. The van der Waals surface area contributed by atoms with Crippen molar-refractivity contribution < 1.29 is 9.18 Å². The molecule has 29 heavy (non-hydrogen) atoms. The average Bonchev–Trinajstić information content (AvgIpc) is 3.50. The van der Waals surface area contributed by atoms with Crippen LogP contribution < -0.4 is 10.9 Å². The smallest absolute Gasteiger partial charge is 0.252 e. The van der Waals surface area contributed by atoms with Crippen molar-refractivity contribution in [1.29, 1.82) is 5.26 Å². The highest BCUT2D eigenvalue weighted by molar-refractivity contribution is 5.94. The highest BCUT2D eigenvalue weighted by Crippen LogP contribution is 2.49. The second-order valence-electron chi connectivity index (χ2n) is 7.50. The van der Waals surface area contributed by atoms with Gasteiger partial charge in [-0.1, -0.05) is 0 Å². The van der Waals surface area contributed by atoms with Crippen LogP contribution >= 0.6 is 0 Å². The Morgan fingerprint density at radius 1 is 1.34 bits per heavy atom. The molecule has 2 N–H and O–H groups in total. The Balaban J connectivity index is 1.69. The number of pyridine rings is 2. The number of hydrogen-bond acceptors (Lipinski definition) is 4. The molecule has 7 heteroatoms. The van der Waals surface area contributed by atoms with Crippen LogP contribution in [0.15, 0.2) is 41.3 Å². The van der Waals surface area contributed by atoms with Gasteiger partial charge in [0.15, 0.2) is 0 Å². The zero-order valence-electron chi connectivity index (χ0n) is 16.0. The molecular formula is C22H19FN4O2. The number of nitriles is 1. The van der Waals surface area contributed by atoms with Crippen molar-refractivity contribution in [3.05, 3.63) is 75.1 Å². The van der Waals surface area contributed by atoms with Crippen molar-refractivity contribution in [2.75, 3.05) is 0 Å². The van der Waals surface area contributed by atoms with E-state index in [1.807, 2.05) is 0 Å². The third-order valence-corrected chi connectivity index (χ3v) is 5.60. The van der Waals surface area contributed by atoms with Gasteiger partial charge in [-0.15, -0.1) is 0 Å². The number of hydrogen-bond donors (Lipinski definition) is 2. The minimum atomic E-state index is -0.931. The summed E-state index contributed by atoms with van der Waals surface area (Å²) in [5.41, 5.74) is 1.32. The van der Waals surface area contributed by atoms with E-state index in [0.717, 1.165) is 0 Å². The summed E-state index contributed by atoms with van der Waals surface area (Å²) in [5, 5.41) is 12.6. The van der Waals surface area contributed by atoms with Crippen LogP contribution in [0.3, 0.4) is 0 Å². The number of halogens is 1. The van der Waals surface area contributed by atoms with E-state index >= 15 is 0 Å². The third kappa shape index (κ3) is 3.17. The summed E-state index contributed by atoms with van der Waals surface area (Å²) in [6.45, 7) is 3.53. The molecule has 1 aliphatic rings. The maximum atomic E-state index is 13.7. The molecule has 1 aromatic carbocycles. The molecule has 2 heterocycles. The lowest BCUT2D eigenvalue weighted by atomic mass is 9.90. The number of benzene rings is 1. The molecule has 1 amide bonds. The van der Waals surface area contributed by atoms with Gasteiger partial charge in [-0.25, -0.2) is 4.39 Å². The summed E-state index contributed by atoms with van der Waals surface area (Å²) in [5.74, 6) is -0.663. The Labute approximate surface area is 166 Å². The number of nitrogens with one attached hydrogen (secondary N) is 2. The number of aromatic amines is 1.